The van der Waals surface area contributed by atoms with Gasteiger partial charge in [-0.05, 0) is 84.3 Å². The van der Waals surface area contributed by atoms with E-state index in [2.05, 4.69) is 20.6 Å². The number of carbonyl (C=O) groups excluding carboxylic acids is 4. The van der Waals surface area contributed by atoms with Crippen molar-refractivity contribution in [3.8, 4) is 22.3 Å². The molecule has 0 saturated carbocycles. The highest BCUT2D eigenvalue weighted by Gasteiger charge is 2.37. The highest BCUT2D eigenvalue weighted by atomic mass is 16.2. The third kappa shape index (κ3) is 8.31. The van der Waals surface area contributed by atoms with Crippen LogP contribution in [-0.2, 0) is 9.59 Å². The van der Waals surface area contributed by atoms with Crippen molar-refractivity contribution in [3.63, 3.8) is 0 Å². The number of nitrogens with one attached hydrogen (secondary N) is 2. The normalized spacial score (nSPS) is 16.3. The van der Waals surface area contributed by atoms with Gasteiger partial charge in [0.1, 0.15) is 23.5 Å². The van der Waals surface area contributed by atoms with E-state index in [1.807, 2.05) is 146 Å². The molecule has 4 heterocycles. The molecule has 0 bridgehead atoms. The van der Waals surface area contributed by atoms with Gasteiger partial charge in [-0.2, -0.15) is 0 Å². The zero-order chi connectivity index (χ0) is 39.8. The van der Waals surface area contributed by atoms with Crippen LogP contribution >= 0.6 is 0 Å². The monoisotopic (exact) mass is 766 g/mol. The maximum Gasteiger partial charge on any atom is 0.273 e. The van der Waals surface area contributed by atoms with Crippen molar-refractivity contribution in [2.75, 3.05) is 23.7 Å². The molecule has 288 valence electrons. The lowest BCUT2D eigenvalue weighted by molar-refractivity contribution is -0.120. The van der Waals surface area contributed by atoms with Gasteiger partial charge in [0, 0.05) is 48.0 Å². The number of amides is 4. The number of anilines is 2. The topological polar surface area (TPSA) is 125 Å². The van der Waals surface area contributed by atoms with Crippen molar-refractivity contribution >= 4 is 47.2 Å². The molecule has 0 unspecified atom stereocenters. The summed E-state index contributed by atoms with van der Waals surface area (Å²) in [5, 5.41) is 6.00. The number of likely N-dealkylation sites (tertiary alicyclic amines) is 2. The van der Waals surface area contributed by atoms with E-state index in [4.69, 9.17) is 0 Å². The predicted molar refractivity (Wildman–Crippen MR) is 227 cm³/mol. The van der Waals surface area contributed by atoms with Crippen molar-refractivity contribution in [1.82, 2.24) is 19.8 Å². The molecule has 6 aromatic rings. The van der Waals surface area contributed by atoms with Crippen LogP contribution in [0.1, 0.15) is 57.8 Å². The third-order valence-electron chi connectivity index (χ3n) is 10.6. The maximum atomic E-state index is 13.7. The number of pyridine rings is 2. The molecule has 0 aliphatic carbocycles. The van der Waals surface area contributed by atoms with E-state index in [0.29, 0.717) is 48.7 Å². The smallest absolute Gasteiger partial charge is 0.273 e. The number of aromatic nitrogens is 2. The van der Waals surface area contributed by atoms with E-state index in [9.17, 15) is 19.2 Å². The van der Waals surface area contributed by atoms with Gasteiger partial charge in [0.25, 0.3) is 11.8 Å². The van der Waals surface area contributed by atoms with Crippen LogP contribution in [0.3, 0.4) is 0 Å². The largest absolute Gasteiger partial charge is 0.325 e. The molecule has 0 spiro atoms. The quantitative estimate of drug-likeness (QED) is 0.135. The van der Waals surface area contributed by atoms with Gasteiger partial charge in [0.15, 0.2) is 0 Å². The highest BCUT2D eigenvalue weighted by molar-refractivity contribution is 6.05. The molecule has 2 aliphatic heterocycles. The minimum absolute atomic E-state index is 0.226. The van der Waals surface area contributed by atoms with Crippen LogP contribution in [0.4, 0.5) is 11.4 Å². The molecule has 4 aromatic carbocycles. The molecule has 4 amide bonds. The van der Waals surface area contributed by atoms with Gasteiger partial charge in [0.05, 0.1) is 0 Å². The summed E-state index contributed by atoms with van der Waals surface area (Å²) in [5.74, 6) is -0.953. The molecule has 0 radical (unpaired) electrons. The van der Waals surface area contributed by atoms with Crippen LogP contribution in [0, 0.1) is 0 Å². The molecule has 10 heteroatoms. The standard InChI is InChI=1S/C48H42N6O4/c55-45(41-17-9-31-53(41)47(57)43-39(15-7-29-49-43)35-11-3-1-4-12-35)51-37-25-21-33(22-26-37)19-20-34-23-27-38(28-24-34)52-46(56)42-18-10-32-54(42)48(58)44-40(16-8-30-50-44)36-13-5-2-6-14-36/h1-8,11-16,19-30,41-42H,9-10,17-18,31-32H2,(H,51,55)(H,52,56)/b20-19+/t41-,42-/m0/s1. The molecule has 2 aromatic heterocycles. The fourth-order valence-electron chi connectivity index (χ4n) is 7.69. The van der Waals surface area contributed by atoms with Gasteiger partial charge in [-0.25, -0.2) is 0 Å². The SMILES string of the molecule is O=C(Nc1ccc(/C=C/c2ccc(NC(=O)[C@@H]3CCCN3C(=O)c3ncccc3-c3ccccc3)cc2)cc1)[C@@H]1CCCN1C(=O)c1ncccc1-c1ccccc1. The second-order valence-electron chi connectivity index (χ2n) is 14.4. The Morgan fingerprint density at radius 2 is 0.897 bits per heavy atom. The van der Waals surface area contributed by atoms with Gasteiger partial charge >= 0.3 is 0 Å². The lowest BCUT2D eigenvalue weighted by atomic mass is 10.0. The number of hydrogen-bond donors (Lipinski definition) is 2. The first kappa shape index (κ1) is 37.7. The first-order chi connectivity index (χ1) is 28.4. The van der Waals surface area contributed by atoms with E-state index in [1.165, 1.54) is 0 Å². The first-order valence-corrected chi connectivity index (χ1v) is 19.6. The van der Waals surface area contributed by atoms with Gasteiger partial charge in [-0.15, -0.1) is 0 Å². The van der Waals surface area contributed by atoms with E-state index < -0.39 is 12.1 Å². The second-order valence-corrected chi connectivity index (χ2v) is 14.4. The third-order valence-corrected chi connectivity index (χ3v) is 10.6. The predicted octanol–water partition coefficient (Wildman–Crippen LogP) is 8.47. The number of nitrogens with zero attached hydrogens (tertiary/aromatic N) is 4. The van der Waals surface area contributed by atoms with E-state index in [1.54, 1.807) is 22.2 Å². The summed E-state index contributed by atoms with van der Waals surface area (Å²) in [6, 6.07) is 40.6. The summed E-state index contributed by atoms with van der Waals surface area (Å²) >= 11 is 0. The zero-order valence-corrected chi connectivity index (χ0v) is 31.8. The van der Waals surface area contributed by atoms with Gasteiger partial charge in [0.2, 0.25) is 11.8 Å². The highest BCUT2D eigenvalue weighted by Crippen LogP contribution is 2.29. The molecule has 2 atom stereocenters. The average molecular weight is 767 g/mol. The summed E-state index contributed by atoms with van der Waals surface area (Å²) in [6.45, 7) is 0.976. The van der Waals surface area contributed by atoms with Crippen molar-refractivity contribution in [2.45, 2.75) is 37.8 Å². The Kier molecular flexibility index (Phi) is 11.2. The van der Waals surface area contributed by atoms with E-state index in [0.717, 1.165) is 46.2 Å². The number of benzene rings is 4. The summed E-state index contributed by atoms with van der Waals surface area (Å²) in [5.41, 5.74) is 7.12. The van der Waals surface area contributed by atoms with Gasteiger partial charge in [-0.1, -0.05) is 109 Å². The molecular formula is C48H42N6O4. The van der Waals surface area contributed by atoms with Crippen LogP contribution in [-0.4, -0.2) is 68.6 Å². The molecule has 2 saturated heterocycles. The summed E-state index contributed by atoms with van der Waals surface area (Å²) in [7, 11) is 0. The van der Waals surface area contributed by atoms with Crippen molar-refractivity contribution in [2.24, 2.45) is 0 Å². The Morgan fingerprint density at radius 3 is 1.29 bits per heavy atom. The number of rotatable bonds is 10. The molecule has 2 aliphatic rings. The van der Waals surface area contributed by atoms with Crippen LogP contribution in [0.5, 0.6) is 0 Å². The van der Waals surface area contributed by atoms with E-state index >= 15 is 0 Å². The summed E-state index contributed by atoms with van der Waals surface area (Å²) in [4.78, 5) is 66.5. The number of hydrogen-bond acceptors (Lipinski definition) is 6. The van der Waals surface area contributed by atoms with Crippen LogP contribution in [0.25, 0.3) is 34.4 Å². The van der Waals surface area contributed by atoms with Gasteiger partial charge in [-0.3, -0.25) is 29.1 Å². The second kappa shape index (κ2) is 17.3. The van der Waals surface area contributed by atoms with Crippen molar-refractivity contribution in [1.29, 1.82) is 0 Å². The fourth-order valence-corrected chi connectivity index (χ4v) is 7.69. The minimum Gasteiger partial charge on any atom is -0.325 e. The van der Waals surface area contributed by atoms with Gasteiger partial charge < -0.3 is 20.4 Å². The molecule has 58 heavy (non-hydrogen) atoms. The number of carbonyl (C=O) groups is 4. The first-order valence-electron chi connectivity index (χ1n) is 19.6. The van der Waals surface area contributed by atoms with Crippen LogP contribution in [0.2, 0.25) is 0 Å². The lowest BCUT2D eigenvalue weighted by Gasteiger charge is -2.24. The van der Waals surface area contributed by atoms with Crippen LogP contribution < -0.4 is 10.6 Å². The Labute approximate surface area is 337 Å². The molecule has 8 rings (SSSR count). The Bertz CT molecular complexity index is 2280. The molecule has 10 nitrogen and oxygen atoms in total. The summed E-state index contributed by atoms with van der Waals surface area (Å²) in [6.07, 6.45) is 9.78. The fraction of sp³-hybridized carbons (Fsp3) is 0.167. The molecular weight excluding hydrogens is 725 g/mol. The Balaban J connectivity index is 0.856. The summed E-state index contributed by atoms with van der Waals surface area (Å²) < 4.78 is 0. The lowest BCUT2D eigenvalue weighted by Crippen LogP contribution is -2.43. The van der Waals surface area contributed by atoms with Crippen LogP contribution in [0.15, 0.2) is 146 Å². The minimum atomic E-state index is -0.593. The Hall–Kier alpha value is -7.20. The van der Waals surface area contributed by atoms with Crippen molar-refractivity contribution < 1.29 is 19.2 Å². The maximum absolute atomic E-state index is 13.7. The zero-order valence-electron chi connectivity index (χ0n) is 31.8. The Morgan fingerprint density at radius 1 is 0.500 bits per heavy atom. The average Bonchev–Trinajstić information content (AvgIpc) is 3.99. The molecule has 2 N–H and O–H groups in total. The van der Waals surface area contributed by atoms with Crippen molar-refractivity contribution in [3.05, 3.63) is 168 Å². The molecule has 2 fully saturated rings. The van der Waals surface area contributed by atoms with E-state index in [-0.39, 0.29) is 23.6 Å².